The number of carbonyl (C=O) groups is 1. The van der Waals surface area contributed by atoms with Crippen LogP contribution in [0.2, 0.25) is 0 Å². The zero-order valence-corrected chi connectivity index (χ0v) is 13.6. The molecular formula is C15H20N4O4. The fraction of sp³-hybridized carbons (Fsp3) is 0.400. The number of nitrogens with one attached hydrogen (secondary N) is 2. The molecule has 0 aliphatic carbocycles. The van der Waals surface area contributed by atoms with Crippen molar-refractivity contribution in [1.82, 2.24) is 15.2 Å². The second-order valence-corrected chi connectivity index (χ2v) is 4.65. The SMILES string of the molecule is CCc1n[nH]c(CNc2cc(OC)c(OC)cc2C(=O)OC)n1. The number of carbonyl (C=O) groups excluding carboxylic acids is 1. The number of hydrogen-bond donors (Lipinski definition) is 2. The van der Waals surface area contributed by atoms with Gasteiger partial charge < -0.3 is 19.5 Å². The van der Waals surface area contributed by atoms with Crippen LogP contribution in [0.15, 0.2) is 12.1 Å². The number of hydrogen-bond acceptors (Lipinski definition) is 7. The molecule has 124 valence electrons. The monoisotopic (exact) mass is 320 g/mol. The van der Waals surface area contributed by atoms with E-state index < -0.39 is 5.97 Å². The van der Waals surface area contributed by atoms with Crippen LogP contribution in [-0.4, -0.2) is 42.5 Å². The molecule has 2 aromatic rings. The van der Waals surface area contributed by atoms with Gasteiger partial charge in [0.2, 0.25) is 0 Å². The lowest BCUT2D eigenvalue weighted by atomic mass is 10.1. The van der Waals surface area contributed by atoms with Crippen molar-refractivity contribution in [3.8, 4) is 11.5 Å². The molecule has 23 heavy (non-hydrogen) atoms. The summed E-state index contributed by atoms with van der Waals surface area (Å²) in [4.78, 5) is 16.3. The topological polar surface area (TPSA) is 98.4 Å². The number of benzene rings is 1. The summed E-state index contributed by atoms with van der Waals surface area (Å²) in [6.45, 7) is 2.36. The highest BCUT2D eigenvalue weighted by atomic mass is 16.5. The quantitative estimate of drug-likeness (QED) is 0.750. The molecule has 1 aromatic carbocycles. The van der Waals surface area contributed by atoms with Gasteiger partial charge >= 0.3 is 5.97 Å². The second kappa shape index (κ2) is 7.48. The van der Waals surface area contributed by atoms with Crippen molar-refractivity contribution in [3.05, 3.63) is 29.3 Å². The van der Waals surface area contributed by atoms with Crippen molar-refractivity contribution in [1.29, 1.82) is 0 Å². The van der Waals surface area contributed by atoms with Gasteiger partial charge in [0.1, 0.15) is 5.82 Å². The van der Waals surface area contributed by atoms with Gasteiger partial charge in [-0.1, -0.05) is 6.92 Å². The molecule has 8 heteroatoms. The molecule has 0 aliphatic heterocycles. The van der Waals surface area contributed by atoms with Gasteiger partial charge in [0, 0.05) is 18.6 Å². The molecule has 0 unspecified atom stereocenters. The minimum absolute atomic E-state index is 0.348. The highest BCUT2D eigenvalue weighted by Crippen LogP contribution is 2.33. The lowest BCUT2D eigenvalue weighted by Crippen LogP contribution is -2.10. The van der Waals surface area contributed by atoms with Crippen LogP contribution < -0.4 is 14.8 Å². The number of aromatic amines is 1. The zero-order chi connectivity index (χ0) is 16.8. The Morgan fingerprint density at radius 2 is 1.91 bits per heavy atom. The van der Waals surface area contributed by atoms with Crippen LogP contribution >= 0.6 is 0 Å². The molecule has 1 heterocycles. The first kappa shape index (κ1) is 16.6. The Morgan fingerprint density at radius 3 is 2.48 bits per heavy atom. The van der Waals surface area contributed by atoms with Crippen molar-refractivity contribution in [2.24, 2.45) is 0 Å². The van der Waals surface area contributed by atoms with E-state index in [1.165, 1.54) is 21.3 Å². The second-order valence-electron chi connectivity index (χ2n) is 4.65. The van der Waals surface area contributed by atoms with Crippen LogP contribution in [-0.2, 0) is 17.7 Å². The number of aromatic nitrogens is 3. The summed E-state index contributed by atoms with van der Waals surface area (Å²) in [6, 6.07) is 3.26. The first-order valence-electron chi connectivity index (χ1n) is 7.11. The Bertz CT molecular complexity index is 684. The Morgan fingerprint density at radius 1 is 1.22 bits per heavy atom. The summed E-state index contributed by atoms with van der Waals surface area (Å²) in [6.07, 6.45) is 0.750. The molecule has 8 nitrogen and oxygen atoms in total. The largest absolute Gasteiger partial charge is 0.493 e. The Kier molecular flexibility index (Phi) is 5.40. The summed E-state index contributed by atoms with van der Waals surface area (Å²) < 4.78 is 15.3. The van der Waals surface area contributed by atoms with E-state index in [4.69, 9.17) is 14.2 Å². The molecular weight excluding hydrogens is 300 g/mol. The molecule has 2 rings (SSSR count). The minimum atomic E-state index is -0.472. The van der Waals surface area contributed by atoms with Gasteiger partial charge in [0.05, 0.1) is 39.1 Å². The van der Waals surface area contributed by atoms with Gasteiger partial charge in [-0.05, 0) is 0 Å². The van der Waals surface area contributed by atoms with Crippen LogP contribution in [0.4, 0.5) is 5.69 Å². The highest BCUT2D eigenvalue weighted by Gasteiger charge is 2.17. The van der Waals surface area contributed by atoms with Crippen molar-refractivity contribution >= 4 is 11.7 Å². The van der Waals surface area contributed by atoms with Gasteiger partial charge in [0.15, 0.2) is 17.3 Å². The maximum Gasteiger partial charge on any atom is 0.340 e. The van der Waals surface area contributed by atoms with Crippen LogP contribution in [0.1, 0.15) is 28.9 Å². The van der Waals surface area contributed by atoms with E-state index in [-0.39, 0.29) is 0 Å². The van der Waals surface area contributed by atoms with Crippen molar-refractivity contribution in [2.45, 2.75) is 19.9 Å². The Labute approximate surface area is 134 Å². The number of methoxy groups -OCH3 is 3. The Balaban J connectivity index is 2.28. The average molecular weight is 320 g/mol. The van der Waals surface area contributed by atoms with E-state index in [1.54, 1.807) is 12.1 Å². The van der Waals surface area contributed by atoms with Gasteiger partial charge in [-0.15, -0.1) is 0 Å². The number of anilines is 1. The van der Waals surface area contributed by atoms with Crippen molar-refractivity contribution in [2.75, 3.05) is 26.6 Å². The van der Waals surface area contributed by atoms with Crippen LogP contribution in [0.5, 0.6) is 11.5 Å². The normalized spacial score (nSPS) is 10.3. The number of aryl methyl sites for hydroxylation is 1. The van der Waals surface area contributed by atoms with E-state index >= 15 is 0 Å². The van der Waals surface area contributed by atoms with Gasteiger partial charge in [-0.3, -0.25) is 5.10 Å². The maximum absolute atomic E-state index is 12.0. The lowest BCUT2D eigenvalue weighted by molar-refractivity contribution is 0.0601. The highest BCUT2D eigenvalue weighted by molar-refractivity contribution is 5.96. The molecule has 0 bridgehead atoms. The number of rotatable bonds is 7. The lowest BCUT2D eigenvalue weighted by Gasteiger charge is -2.14. The van der Waals surface area contributed by atoms with E-state index in [0.29, 0.717) is 35.1 Å². The van der Waals surface area contributed by atoms with Gasteiger partial charge in [-0.25, -0.2) is 9.78 Å². The molecule has 0 radical (unpaired) electrons. The molecule has 2 N–H and O–H groups in total. The average Bonchev–Trinajstić information content (AvgIpc) is 3.06. The standard InChI is InChI=1S/C15H20N4O4/c1-5-13-17-14(19-18-13)8-16-10-7-12(22-3)11(21-2)6-9(10)15(20)23-4/h6-7,16H,5,8H2,1-4H3,(H,17,18,19). The van der Waals surface area contributed by atoms with E-state index in [2.05, 4.69) is 20.5 Å². The van der Waals surface area contributed by atoms with E-state index in [9.17, 15) is 4.79 Å². The number of nitrogens with zero attached hydrogens (tertiary/aromatic N) is 2. The first-order chi connectivity index (χ1) is 11.1. The summed E-state index contributed by atoms with van der Waals surface area (Å²) in [5.74, 6) is 1.90. The minimum Gasteiger partial charge on any atom is -0.493 e. The first-order valence-corrected chi connectivity index (χ1v) is 7.11. The van der Waals surface area contributed by atoms with Crippen LogP contribution in [0.3, 0.4) is 0 Å². The number of ether oxygens (including phenoxy) is 3. The summed E-state index contributed by atoms with van der Waals surface area (Å²) in [5, 5.41) is 10.1. The van der Waals surface area contributed by atoms with E-state index in [0.717, 1.165) is 12.2 Å². The van der Waals surface area contributed by atoms with Crippen molar-refractivity contribution < 1.29 is 19.0 Å². The molecule has 0 saturated carbocycles. The summed E-state index contributed by atoms with van der Waals surface area (Å²) >= 11 is 0. The predicted molar refractivity (Wildman–Crippen MR) is 84.0 cm³/mol. The fourth-order valence-electron chi connectivity index (χ4n) is 2.06. The third kappa shape index (κ3) is 3.71. The summed E-state index contributed by atoms with van der Waals surface area (Å²) in [5.41, 5.74) is 0.907. The molecule has 0 aliphatic rings. The van der Waals surface area contributed by atoms with Gasteiger partial charge in [-0.2, -0.15) is 5.10 Å². The zero-order valence-electron chi connectivity index (χ0n) is 13.6. The predicted octanol–water partition coefficient (Wildman–Crippen LogP) is 1.78. The third-order valence-electron chi connectivity index (χ3n) is 3.27. The molecule has 1 aromatic heterocycles. The molecule has 0 saturated heterocycles. The van der Waals surface area contributed by atoms with Gasteiger partial charge in [0.25, 0.3) is 0 Å². The summed E-state index contributed by atoms with van der Waals surface area (Å²) in [7, 11) is 4.36. The molecule has 0 amide bonds. The molecule has 0 atom stereocenters. The van der Waals surface area contributed by atoms with E-state index in [1.807, 2.05) is 6.92 Å². The van der Waals surface area contributed by atoms with Crippen molar-refractivity contribution in [3.63, 3.8) is 0 Å². The third-order valence-corrected chi connectivity index (χ3v) is 3.27. The molecule has 0 spiro atoms. The smallest absolute Gasteiger partial charge is 0.340 e. The molecule has 0 fully saturated rings. The number of H-pyrrole nitrogens is 1. The Hall–Kier alpha value is -2.77. The van der Waals surface area contributed by atoms with Crippen LogP contribution in [0.25, 0.3) is 0 Å². The van der Waals surface area contributed by atoms with Crippen LogP contribution in [0, 0.1) is 0 Å². The maximum atomic E-state index is 12.0. The fourth-order valence-corrected chi connectivity index (χ4v) is 2.06. The number of esters is 1.